The Hall–Kier alpha value is -2.07. The van der Waals surface area contributed by atoms with E-state index in [4.69, 9.17) is 4.42 Å². The number of aromatic nitrogens is 2. The second-order valence-electron chi connectivity index (χ2n) is 5.20. The average molecular weight is 269 g/mol. The largest absolute Gasteiger partial charge is 0.467 e. The summed E-state index contributed by atoms with van der Waals surface area (Å²) in [5.74, 6) is 0.983. The first-order chi connectivity index (χ1) is 9.69. The van der Waals surface area contributed by atoms with Crippen LogP contribution in [-0.2, 0) is 13.1 Å². The maximum absolute atomic E-state index is 5.60. The summed E-state index contributed by atoms with van der Waals surface area (Å²) in [5, 5.41) is 3.16. The molecule has 1 aromatic carbocycles. The standard InChI is InChI=1S/C16H19N3O/c1-11-6-14-15(7-12(11)2)19(10-18-14)9-16-13(8-17-3)4-5-20-16/h4-7,10,17H,8-9H2,1-3H3. The minimum absolute atomic E-state index is 0.711. The predicted octanol–water partition coefficient (Wildman–Crippen LogP) is 3.01. The minimum atomic E-state index is 0.711. The molecule has 0 unspecified atom stereocenters. The lowest BCUT2D eigenvalue weighted by Crippen LogP contribution is -2.07. The van der Waals surface area contributed by atoms with Gasteiger partial charge in [-0.05, 0) is 50.2 Å². The summed E-state index contributed by atoms with van der Waals surface area (Å²) in [6, 6.07) is 6.34. The zero-order valence-electron chi connectivity index (χ0n) is 12.1. The fourth-order valence-electron chi connectivity index (χ4n) is 2.45. The molecule has 0 aliphatic rings. The van der Waals surface area contributed by atoms with Crippen LogP contribution in [0.25, 0.3) is 11.0 Å². The number of rotatable bonds is 4. The van der Waals surface area contributed by atoms with Crippen molar-refractivity contribution in [3.8, 4) is 0 Å². The smallest absolute Gasteiger partial charge is 0.127 e. The monoisotopic (exact) mass is 269 g/mol. The second kappa shape index (κ2) is 5.13. The van der Waals surface area contributed by atoms with Crippen LogP contribution in [0.4, 0.5) is 0 Å². The van der Waals surface area contributed by atoms with Crippen LogP contribution in [0.1, 0.15) is 22.5 Å². The Labute approximate surface area is 118 Å². The van der Waals surface area contributed by atoms with Crippen molar-refractivity contribution in [2.24, 2.45) is 0 Å². The van der Waals surface area contributed by atoms with Gasteiger partial charge in [0.1, 0.15) is 5.76 Å². The second-order valence-corrected chi connectivity index (χ2v) is 5.20. The summed E-state index contributed by atoms with van der Waals surface area (Å²) in [6.45, 7) is 5.77. The average Bonchev–Trinajstić information content (AvgIpc) is 3.00. The van der Waals surface area contributed by atoms with Crippen LogP contribution in [0, 0.1) is 13.8 Å². The molecule has 20 heavy (non-hydrogen) atoms. The van der Waals surface area contributed by atoms with Gasteiger partial charge < -0.3 is 14.3 Å². The van der Waals surface area contributed by atoms with Gasteiger partial charge in [0.15, 0.2) is 0 Å². The topological polar surface area (TPSA) is 43.0 Å². The Morgan fingerprint density at radius 2 is 2.05 bits per heavy atom. The number of fused-ring (bicyclic) bond motifs is 1. The van der Waals surface area contributed by atoms with Gasteiger partial charge in [-0.3, -0.25) is 0 Å². The molecule has 3 rings (SSSR count). The van der Waals surface area contributed by atoms with Crippen molar-refractivity contribution in [2.75, 3.05) is 7.05 Å². The number of nitrogens with zero attached hydrogens (tertiary/aromatic N) is 2. The molecule has 0 aliphatic carbocycles. The van der Waals surface area contributed by atoms with Gasteiger partial charge in [0.2, 0.25) is 0 Å². The third-order valence-corrected chi connectivity index (χ3v) is 3.76. The van der Waals surface area contributed by atoms with Gasteiger partial charge >= 0.3 is 0 Å². The third kappa shape index (κ3) is 2.23. The molecule has 4 heteroatoms. The van der Waals surface area contributed by atoms with Crippen molar-refractivity contribution >= 4 is 11.0 Å². The van der Waals surface area contributed by atoms with Gasteiger partial charge in [0, 0.05) is 12.1 Å². The fraction of sp³-hybridized carbons (Fsp3) is 0.312. The molecule has 0 saturated carbocycles. The molecule has 3 aromatic rings. The molecule has 4 nitrogen and oxygen atoms in total. The van der Waals surface area contributed by atoms with Crippen LogP contribution in [0.15, 0.2) is 35.2 Å². The summed E-state index contributed by atoms with van der Waals surface area (Å²) < 4.78 is 7.74. The Morgan fingerprint density at radius 3 is 2.85 bits per heavy atom. The van der Waals surface area contributed by atoms with Crippen molar-refractivity contribution in [3.05, 3.63) is 53.2 Å². The first-order valence-electron chi connectivity index (χ1n) is 6.81. The quantitative estimate of drug-likeness (QED) is 0.791. The maximum atomic E-state index is 5.60. The highest BCUT2D eigenvalue weighted by Gasteiger charge is 2.10. The number of hydrogen-bond acceptors (Lipinski definition) is 3. The van der Waals surface area contributed by atoms with Crippen LogP contribution in [0.2, 0.25) is 0 Å². The molecule has 0 amide bonds. The van der Waals surface area contributed by atoms with E-state index in [0.29, 0.717) is 6.54 Å². The van der Waals surface area contributed by atoms with Gasteiger partial charge in [-0.15, -0.1) is 0 Å². The van der Waals surface area contributed by atoms with E-state index in [0.717, 1.165) is 23.3 Å². The molecule has 0 saturated heterocycles. The molecule has 0 fully saturated rings. The SMILES string of the molecule is CNCc1ccoc1Cn1cnc2cc(C)c(C)cc21. The molecule has 0 spiro atoms. The van der Waals surface area contributed by atoms with Crippen molar-refractivity contribution in [1.82, 2.24) is 14.9 Å². The summed E-state index contributed by atoms with van der Waals surface area (Å²) in [5.41, 5.74) is 5.94. The van der Waals surface area contributed by atoms with E-state index in [-0.39, 0.29) is 0 Å². The van der Waals surface area contributed by atoms with E-state index in [1.165, 1.54) is 16.7 Å². The van der Waals surface area contributed by atoms with Gasteiger partial charge in [0.05, 0.1) is 30.2 Å². The third-order valence-electron chi connectivity index (χ3n) is 3.76. The molecular weight excluding hydrogens is 250 g/mol. The van der Waals surface area contributed by atoms with Crippen LogP contribution >= 0.6 is 0 Å². The lowest BCUT2D eigenvalue weighted by atomic mass is 10.1. The molecule has 0 radical (unpaired) electrons. The van der Waals surface area contributed by atoms with Crippen molar-refractivity contribution in [2.45, 2.75) is 26.9 Å². The fourth-order valence-corrected chi connectivity index (χ4v) is 2.45. The van der Waals surface area contributed by atoms with Crippen molar-refractivity contribution in [3.63, 3.8) is 0 Å². The number of nitrogens with one attached hydrogen (secondary N) is 1. The molecule has 0 atom stereocenters. The van der Waals surface area contributed by atoms with Gasteiger partial charge in [0.25, 0.3) is 0 Å². The summed E-state index contributed by atoms with van der Waals surface area (Å²) in [6.07, 6.45) is 3.63. The molecule has 104 valence electrons. The van der Waals surface area contributed by atoms with Crippen LogP contribution in [0.3, 0.4) is 0 Å². The van der Waals surface area contributed by atoms with Gasteiger partial charge in [-0.2, -0.15) is 0 Å². The zero-order chi connectivity index (χ0) is 14.1. The molecule has 0 aliphatic heterocycles. The van der Waals surface area contributed by atoms with E-state index >= 15 is 0 Å². The highest BCUT2D eigenvalue weighted by atomic mass is 16.3. The Balaban J connectivity index is 1.98. The van der Waals surface area contributed by atoms with Crippen molar-refractivity contribution < 1.29 is 4.42 Å². The van der Waals surface area contributed by atoms with E-state index in [9.17, 15) is 0 Å². The molecule has 0 bridgehead atoms. The Kier molecular flexibility index (Phi) is 3.32. The first kappa shape index (κ1) is 12.9. The van der Waals surface area contributed by atoms with Crippen molar-refractivity contribution in [1.29, 1.82) is 0 Å². The first-order valence-corrected chi connectivity index (χ1v) is 6.81. The number of furan rings is 1. The van der Waals surface area contributed by atoms with Crippen LogP contribution in [0.5, 0.6) is 0 Å². The van der Waals surface area contributed by atoms with Gasteiger partial charge in [-0.25, -0.2) is 4.98 Å². The Bertz CT molecular complexity index is 739. The maximum Gasteiger partial charge on any atom is 0.127 e. The molecule has 2 aromatic heterocycles. The van der Waals surface area contributed by atoms with E-state index in [1.807, 2.05) is 19.4 Å². The Morgan fingerprint density at radius 1 is 1.25 bits per heavy atom. The van der Waals surface area contributed by atoms with Gasteiger partial charge in [-0.1, -0.05) is 0 Å². The number of imidazole rings is 1. The number of benzene rings is 1. The minimum Gasteiger partial charge on any atom is -0.467 e. The highest BCUT2D eigenvalue weighted by molar-refractivity contribution is 5.77. The zero-order valence-corrected chi connectivity index (χ0v) is 12.1. The van der Waals surface area contributed by atoms with Crippen LogP contribution in [-0.4, -0.2) is 16.6 Å². The lowest BCUT2D eigenvalue weighted by Gasteiger charge is -2.06. The molecular formula is C16H19N3O. The van der Waals surface area contributed by atoms with E-state index < -0.39 is 0 Å². The highest BCUT2D eigenvalue weighted by Crippen LogP contribution is 2.20. The molecule has 2 heterocycles. The molecule has 1 N–H and O–H groups in total. The van der Waals surface area contributed by atoms with Crippen LogP contribution < -0.4 is 5.32 Å². The summed E-state index contributed by atoms with van der Waals surface area (Å²) >= 11 is 0. The number of aryl methyl sites for hydroxylation is 2. The normalized spacial score (nSPS) is 11.3. The van der Waals surface area contributed by atoms with E-state index in [1.54, 1.807) is 6.26 Å². The predicted molar refractivity (Wildman–Crippen MR) is 79.8 cm³/mol. The number of hydrogen-bond donors (Lipinski definition) is 1. The summed E-state index contributed by atoms with van der Waals surface area (Å²) in [4.78, 5) is 4.48. The lowest BCUT2D eigenvalue weighted by molar-refractivity contribution is 0.489. The van der Waals surface area contributed by atoms with E-state index in [2.05, 4.69) is 40.8 Å². The summed E-state index contributed by atoms with van der Waals surface area (Å²) in [7, 11) is 1.94.